The molecule has 7 heteroatoms. The van der Waals surface area contributed by atoms with Crippen molar-refractivity contribution >= 4 is 22.8 Å². The van der Waals surface area contributed by atoms with E-state index in [4.69, 9.17) is 4.98 Å². The van der Waals surface area contributed by atoms with Crippen LogP contribution in [0.4, 0.5) is 5.95 Å². The third-order valence-electron chi connectivity index (χ3n) is 4.76. The molecule has 0 fully saturated rings. The summed E-state index contributed by atoms with van der Waals surface area (Å²) in [6.45, 7) is 6.62. The minimum Gasteiger partial charge on any atom is -0.356 e. The zero-order valence-corrected chi connectivity index (χ0v) is 16.2. The van der Waals surface area contributed by atoms with Crippen LogP contribution < -0.4 is 10.9 Å². The molecule has 2 aromatic heterocycles. The molecule has 1 aromatic carbocycles. The number of amides is 1. The highest BCUT2D eigenvalue weighted by Gasteiger charge is 2.27. The van der Waals surface area contributed by atoms with Crippen molar-refractivity contribution < 1.29 is 4.79 Å². The fourth-order valence-corrected chi connectivity index (χ4v) is 3.43. The highest BCUT2D eigenvalue weighted by molar-refractivity contribution is 6.01. The number of aromatic amines is 1. The highest BCUT2D eigenvalue weighted by Crippen LogP contribution is 2.31. The van der Waals surface area contributed by atoms with E-state index in [9.17, 15) is 9.59 Å². The number of anilines is 1. The molecule has 27 heavy (non-hydrogen) atoms. The van der Waals surface area contributed by atoms with Gasteiger partial charge < -0.3 is 15.2 Å². The number of fused-ring (bicyclic) bond motifs is 2. The fraction of sp³-hybridized carbons (Fsp3) is 0.350. The largest absolute Gasteiger partial charge is 0.356 e. The molecule has 1 amide bonds. The second-order valence-electron chi connectivity index (χ2n) is 8.11. The van der Waals surface area contributed by atoms with Gasteiger partial charge in [-0.05, 0) is 32.9 Å². The van der Waals surface area contributed by atoms with Gasteiger partial charge in [0.1, 0.15) is 0 Å². The normalized spacial score (nSPS) is 14.1. The summed E-state index contributed by atoms with van der Waals surface area (Å²) in [5, 5.41) is 3.84. The Hall–Kier alpha value is -3.09. The van der Waals surface area contributed by atoms with Crippen molar-refractivity contribution in [2.45, 2.75) is 32.9 Å². The molecule has 0 radical (unpaired) electrons. The number of hydrogen-bond acceptors (Lipinski definition) is 4. The number of para-hydroxylation sites is 1. The number of carbonyl (C=O) groups excluding carboxylic acids is 1. The summed E-state index contributed by atoms with van der Waals surface area (Å²) >= 11 is 0. The Kier molecular flexibility index (Phi) is 3.66. The summed E-state index contributed by atoms with van der Waals surface area (Å²) in [7, 11) is 3.50. The predicted octanol–water partition coefficient (Wildman–Crippen LogP) is 2.72. The van der Waals surface area contributed by atoms with Gasteiger partial charge in [0.05, 0.1) is 23.0 Å². The van der Waals surface area contributed by atoms with Crippen molar-refractivity contribution in [1.29, 1.82) is 0 Å². The van der Waals surface area contributed by atoms with Gasteiger partial charge in [-0.15, -0.1) is 0 Å². The highest BCUT2D eigenvalue weighted by atomic mass is 16.2. The summed E-state index contributed by atoms with van der Waals surface area (Å²) < 4.78 is 1.53. The van der Waals surface area contributed by atoms with Gasteiger partial charge in [-0.2, -0.15) is 0 Å². The lowest BCUT2D eigenvalue weighted by Crippen LogP contribution is -2.32. The van der Waals surface area contributed by atoms with Gasteiger partial charge in [-0.1, -0.05) is 12.1 Å². The molecule has 0 unspecified atom stereocenters. The van der Waals surface area contributed by atoms with Crippen molar-refractivity contribution in [2.75, 3.05) is 12.4 Å². The van der Waals surface area contributed by atoms with Crippen LogP contribution in [0, 0.1) is 0 Å². The van der Waals surface area contributed by atoms with Gasteiger partial charge >= 0.3 is 0 Å². The Balaban J connectivity index is 1.92. The van der Waals surface area contributed by atoms with E-state index in [-0.39, 0.29) is 17.0 Å². The van der Waals surface area contributed by atoms with E-state index >= 15 is 0 Å². The molecule has 0 spiro atoms. The van der Waals surface area contributed by atoms with Gasteiger partial charge in [0.25, 0.3) is 11.5 Å². The molecule has 0 saturated carbocycles. The monoisotopic (exact) mass is 365 g/mol. The van der Waals surface area contributed by atoms with E-state index in [0.717, 1.165) is 17.0 Å². The SMILES string of the molecule is CN1Cc2[nH]c(-c3cccc4c(=O)n(C)c(NC(C)(C)C)nc34)cc2C1=O. The molecule has 3 heterocycles. The summed E-state index contributed by atoms with van der Waals surface area (Å²) in [5.41, 5.74) is 3.47. The molecule has 2 N–H and O–H groups in total. The second kappa shape index (κ2) is 5.70. The maximum Gasteiger partial charge on any atom is 0.262 e. The van der Waals surface area contributed by atoms with Gasteiger partial charge in [0, 0.05) is 36.6 Å². The Morgan fingerprint density at radius 1 is 1.15 bits per heavy atom. The van der Waals surface area contributed by atoms with Crippen molar-refractivity contribution in [2.24, 2.45) is 7.05 Å². The number of carbonyl (C=O) groups is 1. The Bertz CT molecular complexity index is 1130. The number of nitrogens with zero attached hydrogens (tertiary/aromatic N) is 3. The van der Waals surface area contributed by atoms with Crippen molar-refractivity contribution in [3.05, 3.63) is 45.9 Å². The van der Waals surface area contributed by atoms with Crippen LogP contribution in [0.25, 0.3) is 22.2 Å². The number of H-pyrrole nitrogens is 1. The van der Waals surface area contributed by atoms with Crippen LogP contribution in [0.15, 0.2) is 29.1 Å². The first-order chi connectivity index (χ1) is 12.7. The lowest BCUT2D eigenvalue weighted by atomic mass is 10.1. The third-order valence-corrected chi connectivity index (χ3v) is 4.76. The Labute approximate surface area is 157 Å². The topological polar surface area (TPSA) is 83.0 Å². The molecule has 0 saturated heterocycles. The first kappa shape index (κ1) is 17.3. The molecule has 0 atom stereocenters. The number of nitrogens with one attached hydrogen (secondary N) is 2. The Morgan fingerprint density at radius 3 is 2.56 bits per heavy atom. The van der Waals surface area contributed by atoms with Crippen LogP contribution in [-0.4, -0.2) is 37.9 Å². The van der Waals surface area contributed by atoms with E-state index < -0.39 is 0 Å². The fourth-order valence-electron chi connectivity index (χ4n) is 3.43. The van der Waals surface area contributed by atoms with Gasteiger partial charge in [0.15, 0.2) is 0 Å². The molecular formula is C20H23N5O2. The maximum absolute atomic E-state index is 12.9. The molecule has 7 nitrogen and oxygen atoms in total. The minimum absolute atomic E-state index is 0.00620. The van der Waals surface area contributed by atoms with Crippen molar-refractivity contribution in [3.63, 3.8) is 0 Å². The predicted molar refractivity (Wildman–Crippen MR) is 106 cm³/mol. The zero-order valence-electron chi connectivity index (χ0n) is 16.2. The molecule has 0 bridgehead atoms. The average Bonchev–Trinajstić information content (AvgIpc) is 3.10. The second-order valence-corrected chi connectivity index (χ2v) is 8.11. The van der Waals surface area contributed by atoms with E-state index in [1.54, 1.807) is 25.1 Å². The number of aromatic nitrogens is 3. The number of benzene rings is 1. The van der Waals surface area contributed by atoms with Crippen molar-refractivity contribution in [3.8, 4) is 11.3 Å². The van der Waals surface area contributed by atoms with E-state index in [1.165, 1.54) is 4.57 Å². The smallest absolute Gasteiger partial charge is 0.262 e. The maximum atomic E-state index is 12.9. The molecule has 4 rings (SSSR count). The molecular weight excluding hydrogens is 342 g/mol. The molecule has 1 aliphatic rings. The zero-order chi connectivity index (χ0) is 19.5. The Morgan fingerprint density at radius 2 is 1.89 bits per heavy atom. The van der Waals surface area contributed by atoms with Crippen molar-refractivity contribution in [1.82, 2.24) is 19.4 Å². The van der Waals surface area contributed by atoms with Gasteiger partial charge in [-0.3, -0.25) is 14.2 Å². The molecule has 140 valence electrons. The standard InChI is InChI=1S/C20H23N5O2/c1-20(2,3)23-19-22-16-11(7-6-8-12(16)18(27)25(19)5)14-9-13-15(21-14)10-24(4)17(13)26/h6-9,21H,10H2,1-5H3,(H,22,23). The van der Waals surface area contributed by atoms with Crippen LogP contribution in [0.2, 0.25) is 0 Å². The molecule has 1 aliphatic heterocycles. The van der Waals surface area contributed by atoms with Crippen LogP contribution in [0.5, 0.6) is 0 Å². The minimum atomic E-state index is -0.232. The van der Waals surface area contributed by atoms with Gasteiger partial charge in [0.2, 0.25) is 5.95 Å². The average molecular weight is 365 g/mol. The number of rotatable bonds is 2. The number of hydrogen-bond donors (Lipinski definition) is 2. The lowest BCUT2D eigenvalue weighted by Gasteiger charge is -2.23. The summed E-state index contributed by atoms with van der Waals surface area (Å²) in [5.74, 6) is 0.522. The quantitative estimate of drug-likeness (QED) is 0.731. The summed E-state index contributed by atoms with van der Waals surface area (Å²) in [6.07, 6.45) is 0. The molecule has 0 aliphatic carbocycles. The van der Waals surface area contributed by atoms with Crippen LogP contribution in [0.3, 0.4) is 0 Å². The summed E-state index contributed by atoms with van der Waals surface area (Å²) in [6, 6.07) is 7.40. The van der Waals surface area contributed by atoms with Gasteiger partial charge in [-0.25, -0.2) is 4.98 Å². The third kappa shape index (κ3) is 2.79. The van der Waals surface area contributed by atoms with E-state index in [1.807, 2.05) is 39.0 Å². The van der Waals surface area contributed by atoms with Crippen LogP contribution in [0.1, 0.15) is 36.8 Å². The van der Waals surface area contributed by atoms with E-state index in [0.29, 0.717) is 29.0 Å². The lowest BCUT2D eigenvalue weighted by molar-refractivity contribution is 0.0816. The van der Waals surface area contributed by atoms with Crippen LogP contribution >= 0.6 is 0 Å². The van der Waals surface area contributed by atoms with Crippen LogP contribution in [-0.2, 0) is 13.6 Å². The van der Waals surface area contributed by atoms with E-state index in [2.05, 4.69) is 10.3 Å². The first-order valence-electron chi connectivity index (χ1n) is 8.91. The molecule has 3 aromatic rings. The first-order valence-corrected chi connectivity index (χ1v) is 8.91. The summed E-state index contributed by atoms with van der Waals surface area (Å²) in [4.78, 5) is 34.9.